The number of nitrogens with one attached hydrogen (secondary N) is 1. The van der Waals surface area contributed by atoms with Gasteiger partial charge in [-0.15, -0.1) is 0 Å². The monoisotopic (exact) mass is 448 g/mol. The van der Waals surface area contributed by atoms with Crippen LogP contribution in [0.25, 0.3) is 0 Å². The first-order valence-electron chi connectivity index (χ1n) is 8.07. The highest BCUT2D eigenvalue weighted by Crippen LogP contribution is 2.30. The predicted octanol–water partition coefficient (Wildman–Crippen LogP) is 5.14. The lowest BCUT2D eigenvalue weighted by molar-refractivity contribution is -0.116. The fraction of sp³-hybridized carbons (Fsp3) is 0.278. The minimum Gasteiger partial charge on any atom is -0.324 e. The molecule has 0 bridgehead atoms. The molecule has 2 aromatic carbocycles. The van der Waals surface area contributed by atoms with Gasteiger partial charge in [-0.05, 0) is 43.2 Å². The van der Waals surface area contributed by atoms with Gasteiger partial charge in [0, 0.05) is 18.0 Å². The number of halogens is 3. The molecule has 2 rings (SSSR count). The number of rotatable bonds is 7. The molecule has 9 heteroatoms. The second-order valence-electron chi connectivity index (χ2n) is 6.01. The van der Waals surface area contributed by atoms with Crippen molar-refractivity contribution in [2.75, 3.05) is 22.4 Å². The second-order valence-corrected chi connectivity index (χ2v) is 9.17. The first-order valence-corrected chi connectivity index (χ1v) is 11.1. The molecule has 0 aromatic heterocycles. The van der Waals surface area contributed by atoms with Crippen molar-refractivity contribution in [2.24, 2.45) is 0 Å². The van der Waals surface area contributed by atoms with E-state index >= 15 is 0 Å². The summed E-state index contributed by atoms with van der Waals surface area (Å²) in [6, 6.07) is 9.97. The molecular formula is C18H19Cl3N2O3S. The number of para-hydroxylation sites is 1. The number of carbonyl (C=O) groups excluding carboxylic acids is 1. The molecule has 0 unspecified atom stereocenters. The standard InChI is InChI=1S/C18H19Cl3N2O3S/c1-12-8-9-13(19)11-16(12)23(27(2,25)26)10-4-7-17(24)22-18-14(20)5-3-6-15(18)21/h3,5-6,8-9,11H,4,7,10H2,1-2H3,(H,22,24). The Hall–Kier alpha value is -1.47. The zero-order valence-electron chi connectivity index (χ0n) is 14.8. The Kier molecular flexibility index (Phi) is 7.40. The van der Waals surface area contributed by atoms with Gasteiger partial charge in [0.15, 0.2) is 0 Å². The van der Waals surface area contributed by atoms with Crippen LogP contribution >= 0.6 is 34.8 Å². The fourth-order valence-corrected chi connectivity index (χ4v) is 4.19. The summed E-state index contributed by atoms with van der Waals surface area (Å²) in [5.74, 6) is -0.304. The van der Waals surface area contributed by atoms with Crippen LogP contribution < -0.4 is 9.62 Å². The van der Waals surface area contributed by atoms with E-state index < -0.39 is 10.0 Å². The highest BCUT2D eigenvalue weighted by Gasteiger charge is 2.20. The molecule has 0 fully saturated rings. The van der Waals surface area contributed by atoms with Crippen molar-refractivity contribution in [3.8, 4) is 0 Å². The number of nitrogens with zero attached hydrogens (tertiary/aromatic N) is 1. The van der Waals surface area contributed by atoms with Crippen molar-refractivity contribution in [3.05, 3.63) is 57.0 Å². The molecule has 0 aliphatic heterocycles. The van der Waals surface area contributed by atoms with Gasteiger partial charge in [0.2, 0.25) is 15.9 Å². The zero-order chi connectivity index (χ0) is 20.2. The van der Waals surface area contributed by atoms with Crippen molar-refractivity contribution in [1.82, 2.24) is 0 Å². The fourth-order valence-electron chi connectivity index (χ4n) is 2.52. The predicted molar refractivity (Wildman–Crippen MR) is 113 cm³/mol. The van der Waals surface area contributed by atoms with Crippen LogP contribution in [-0.4, -0.2) is 27.1 Å². The Morgan fingerprint density at radius 3 is 2.33 bits per heavy atom. The Morgan fingerprint density at radius 2 is 1.74 bits per heavy atom. The largest absolute Gasteiger partial charge is 0.324 e. The van der Waals surface area contributed by atoms with E-state index in [9.17, 15) is 13.2 Å². The molecule has 0 saturated heterocycles. The maximum absolute atomic E-state index is 12.2. The SMILES string of the molecule is Cc1ccc(Cl)cc1N(CCCC(=O)Nc1c(Cl)cccc1Cl)S(C)(=O)=O. The van der Waals surface area contributed by atoms with Gasteiger partial charge in [0.25, 0.3) is 0 Å². The summed E-state index contributed by atoms with van der Waals surface area (Å²) in [6.07, 6.45) is 1.54. The summed E-state index contributed by atoms with van der Waals surface area (Å²) >= 11 is 18.1. The number of anilines is 2. The molecule has 0 saturated carbocycles. The van der Waals surface area contributed by atoms with Gasteiger partial charge >= 0.3 is 0 Å². The Balaban J connectivity index is 2.06. The number of aryl methyl sites for hydroxylation is 1. The Bertz CT molecular complexity index is 929. The van der Waals surface area contributed by atoms with Crippen molar-refractivity contribution < 1.29 is 13.2 Å². The summed E-state index contributed by atoms with van der Waals surface area (Å²) in [5, 5.41) is 3.77. The maximum Gasteiger partial charge on any atom is 0.232 e. The van der Waals surface area contributed by atoms with Crippen molar-refractivity contribution >= 4 is 62.1 Å². The zero-order valence-corrected chi connectivity index (χ0v) is 17.9. The average molecular weight is 450 g/mol. The summed E-state index contributed by atoms with van der Waals surface area (Å²) in [6.45, 7) is 1.94. The summed E-state index contributed by atoms with van der Waals surface area (Å²) in [4.78, 5) is 12.2. The smallest absolute Gasteiger partial charge is 0.232 e. The van der Waals surface area contributed by atoms with Crippen LogP contribution in [0.1, 0.15) is 18.4 Å². The quantitative estimate of drug-likeness (QED) is 0.636. The van der Waals surface area contributed by atoms with Gasteiger partial charge in [-0.25, -0.2) is 8.42 Å². The van der Waals surface area contributed by atoms with Gasteiger partial charge in [0.1, 0.15) is 0 Å². The highest BCUT2D eigenvalue weighted by atomic mass is 35.5. The lowest BCUT2D eigenvalue weighted by atomic mass is 10.2. The molecule has 5 nitrogen and oxygen atoms in total. The third-order valence-electron chi connectivity index (χ3n) is 3.83. The number of hydrogen-bond donors (Lipinski definition) is 1. The van der Waals surface area contributed by atoms with Crippen molar-refractivity contribution in [2.45, 2.75) is 19.8 Å². The van der Waals surface area contributed by atoms with E-state index in [1.165, 1.54) is 4.31 Å². The van der Waals surface area contributed by atoms with Crippen LogP contribution in [0.3, 0.4) is 0 Å². The second kappa shape index (κ2) is 9.15. The van der Waals surface area contributed by atoms with E-state index in [4.69, 9.17) is 34.8 Å². The summed E-state index contributed by atoms with van der Waals surface area (Å²) in [5.41, 5.74) is 1.62. The highest BCUT2D eigenvalue weighted by molar-refractivity contribution is 7.92. The number of sulfonamides is 1. The van der Waals surface area contributed by atoms with Crippen LogP contribution in [0.5, 0.6) is 0 Å². The van der Waals surface area contributed by atoms with E-state index in [1.54, 1.807) is 43.3 Å². The van der Waals surface area contributed by atoms with Crippen LogP contribution in [0, 0.1) is 6.92 Å². The molecule has 2 aromatic rings. The van der Waals surface area contributed by atoms with E-state index in [2.05, 4.69) is 5.32 Å². The first kappa shape index (κ1) is 21.8. The molecule has 0 spiro atoms. The maximum atomic E-state index is 12.2. The van der Waals surface area contributed by atoms with Crippen LogP contribution in [0.15, 0.2) is 36.4 Å². The number of hydrogen-bond acceptors (Lipinski definition) is 3. The van der Waals surface area contributed by atoms with Crippen molar-refractivity contribution in [3.63, 3.8) is 0 Å². The third kappa shape index (κ3) is 6.01. The van der Waals surface area contributed by atoms with Gasteiger partial charge in [0.05, 0.1) is 27.7 Å². The van der Waals surface area contributed by atoms with Gasteiger partial charge < -0.3 is 5.32 Å². The Labute approximate surface area is 174 Å². The molecule has 1 N–H and O–H groups in total. The average Bonchev–Trinajstić information content (AvgIpc) is 2.56. The van der Waals surface area contributed by atoms with Crippen LogP contribution in [-0.2, 0) is 14.8 Å². The molecule has 146 valence electrons. The van der Waals surface area contributed by atoms with Gasteiger partial charge in [-0.2, -0.15) is 0 Å². The van der Waals surface area contributed by atoms with E-state index in [-0.39, 0.29) is 18.9 Å². The number of benzene rings is 2. The normalized spacial score (nSPS) is 11.3. The minimum atomic E-state index is -3.53. The molecule has 0 radical (unpaired) electrons. The molecule has 0 heterocycles. The molecular weight excluding hydrogens is 431 g/mol. The topological polar surface area (TPSA) is 66.5 Å². The third-order valence-corrected chi connectivity index (χ3v) is 5.88. The molecule has 0 aliphatic rings. The molecule has 27 heavy (non-hydrogen) atoms. The minimum absolute atomic E-state index is 0.104. The Morgan fingerprint density at radius 1 is 1.11 bits per heavy atom. The van der Waals surface area contributed by atoms with Crippen LogP contribution in [0.4, 0.5) is 11.4 Å². The lowest BCUT2D eigenvalue weighted by Crippen LogP contribution is -2.32. The first-order chi connectivity index (χ1) is 12.6. The van der Waals surface area contributed by atoms with Gasteiger partial charge in [-0.1, -0.05) is 46.9 Å². The number of amides is 1. The van der Waals surface area contributed by atoms with Gasteiger partial charge in [-0.3, -0.25) is 9.10 Å². The molecule has 0 aliphatic carbocycles. The number of carbonyl (C=O) groups is 1. The lowest BCUT2D eigenvalue weighted by Gasteiger charge is -2.24. The molecule has 1 amide bonds. The summed E-state index contributed by atoms with van der Waals surface area (Å²) < 4.78 is 25.7. The van der Waals surface area contributed by atoms with Crippen LogP contribution in [0.2, 0.25) is 15.1 Å². The summed E-state index contributed by atoms with van der Waals surface area (Å²) in [7, 11) is -3.53. The van der Waals surface area contributed by atoms with E-state index in [0.717, 1.165) is 11.8 Å². The molecule has 0 atom stereocenters. The van der Waals surface area contributed by atoms with E-state index in [1.807, 2.05) is 0 Å². The van der Waals surface area contributed by atoms with E-state index in [0.29, 0.717) is 32.9 Å². The van der Waals surface area contributed by atoms with Crippen molar-refractivity contribution in [1.29, 1.82) is 0 Å².